The number of aryl methyl sites for hydroxylation is 1. The van der Waals surface area contributed by atoms with Crippen LogP contribution in [-0.2, 0) is 24.6 Å². The van der Waals surface area contributed by atoms with Gasteiger partial charge < -0.3 is 19.1 Å². The summed E-state index contributed by atoms with van der Waals surface area (Å²) in [6.45, 7) is 13.2. The molecular weight excluding hydrogens is 785 g/mol. The van der Waals surface area contributed by atoms with Crippen molar-refractivity contribution in [2.45, 2.75) is 53.4 Å². The Balaban J connectivity index is 0.00000561. The molecule has 0 atom stereocenters. The first-order chi connectivity index (χ1) is 25.7. The van der Waals surface area contributed by atoms with Crippen molar-refractivity contribution in [3.8, 4) is 23.1 Å². The van der Waals surface area contributed by atoms with Gasteiger partial charge in [0.1, 0.15) is 31.0 Å². The average molecular weight is 832 g/mol. The van der Waals surface area contributed by atoms with E-state index in [0.717, 1.165) is 72.7 Å². The van der Waals surface area contributed by atoms with Crippen molar-refractivity contribution in [3.63, 3.8) is 0 Å². The van der Waals surface area contributed by atoms with Crippen molar-refractivity contribution in [3.05, 3.63) is 152 Å². The van der Waals surface area contributed by atoms with E-state index >= 15 is 0 Å². The molecule has 1 aliphatic heterocycles. The molecule has 0 amide bonds. The van der Waals surface area contributed by atoms with Crippen LogP contribution in [0.2, 0.25) is 10.0 Å². The molecule has 282 valence electrons. The first-order valence-electron chi connectivity index (χ1n) is 17.9. The maximum Gasteiger partial charge on any atom is 0.219 e. The van der Waals surface area contributed by atoms with Gasteiger partial charge in [0.05, 0.1) is 16.9 Å². The third kappa shape index (κ3) is 10.7. The number of halogens is 3. The summed E-state index contributed by atoms with van der Waals surface area (Å²) >= 11 is 13.1. The molecule has 0 aliphatic carbocycles. The monoisotopic (exact) mass is 829 g/mol. The van der Waals surface area contributed by atoms with Crippen LogP contribution in [0, 0.1) is 6.92 Å². The molecule has 0 saturated carbocycles. The lowest BCUT2D eigenvalue weighted by molar-refractivity contribution is -0.104. The molecule has 1 saturated heterocycles. The van der Waals surface area contributed by atoms with Crippen LogP contribution >= 0.6 is 40.2 Å². The second-order valence-corrected chi connectivity index (χ2v) is 14.5. The van der Waals surface area contributed by atoms with Gasteiger partial charge in [0.15, 0.2) is 5.75 Å². The molecular formula is C44H46BrCl2N3O4. The molecule has 4 aromatic carbocycles. The van der Waals surface area contributed by atoms with Gasteiger partial charge in [-0.25, -0.2) is 4.98 Å². The zero-order chi connectivity index (χ0) is 37.3. The van der Waals surface area contributed by atoms with E-state index in [2.05, 4.69) is 65.0 Å². The average Bonchev–Trinajstić information content (AvgIpc) is 3.17. The Hall–Kier alpha value is -4.34. The third-order valence-electron chi connectivity index (χ3n) is 9.39. The van der Waals surface area contributed by atoms with Gasteiger partial charge in [0.25, 0.3) is 0 Å². The van der Waals surface area contributed by atoms with Gasteiger partial charge in [0.2, 0.25) is 5.88 Å². The largest absolute Gasteiger partial charge is 0.489 e. The molecule has 1 fully saturated rings. The molecule has 0 spiro atoms. The summed E-state index contributed by atoms with van der Waals surface area (Å²) in [6, 6.07) is 32.0. The molecule has 54 heavy (non-hydrogen) atoms. The van der Waals surface area contributed by atoms with Gasteiger partial charge in [-0.1, -0.05) is 91.6 Å². The second-order valence-electron chi connectivity index (χ2n) is 13.7. The Bertz CT molecular complexity index is 2010. The molecule has 7 nitrogen and oxygen atoms in total. The minimum absolute atomic E-state index is 0. The first kappa shape index (κ1) is 40.8. The van der Waals surface area contributed by atoms with E-state index in [1.165, 1.54) is 11.1 Å². The van der Waals surface area contributed by atoms with Gasteiger partial charge in [-0.15, -0.1) is 17.0 Å². The molecule has 0 N–H and O–H groups in total. The van der Waals surface area contributed by atoms with Crippen LogP contribution in [0.3, 0.4) is 0 Å². The summed E-state index contributed by atoms with van der Waals surface area (Å²) in [5, 5.41) is 1.09. The minimum atomic E-state index is 0. The lowest BCUT2D eigenvalue weighted by atomic mass is 10.0. The van der Waals surface area contributed by atoms with E-state index in [1.54, 1.807) is 18.3 Å². The number of rotatable bonds is 14. The smallest absolute Gasteiger partial charge is 0.219 e. The van der Waals surface area contributed by atoms with E-state index in [-0.39, 0.29) is 17.0 Å². The maximum absolute atomic E-state index is 12.1. The highest BCUT2D eigenvalue weighted by molar-refractivity contribution is 8.93. The summed E-state index contributed by atoms with van der Waals surface area (Å²) < 4.78 is 18.0. The SMILES string of the molecule is Br.C/C(C=O)=C(/c1cc(C)c(Oc2ccc(OCc3ccccc3Cl)cn2)c(Cl)c1)N1CCN(Cc2ccc(COc3ccc(C(C)C)cc3)cc2)CC1. The maximum atomic E-state index is 12.1. The van der Waals surface area contributed by atoms with E-state index in [0.29, 0.717) is 52.1 Å². The fraction of sp³-hybridized carbons (Fsp3) is 0.273. The molecule has 5 aromatic rings. The van der Waals surface area contributed by atoms with Crippen molar-refractivity contribution >= 4 is 52.2 Å². The predicted octanol–water partition coefficient (Wildman–Crippen LogP) is 11.1. The number of nitrogens with zero attached hydrogens (tertiary/aromatic N) is 3. The number of carbonyl (C=O) groups excluding carboxylic acids is 1. The van der Waals surface area contributed by atoms with Crippen LogP contribution in [0.15, 0.2) is 109 Å². The summed E-state index contributed by atoms with van der Waals surface area (Å²) in [5.74, 6) is 2.88. The number of carbonyl (C=O) groups is 1. The van der Waals surface area contributed by atoms with Crippen LogP contribution in [0.5, 0.6) is 23.1 Å². The number of pyridine rings is 1. The topological polar surface area (TPSA) is 64.1 Å². The lowest BCUT2D eigenvalue weighted by Crippen LogP contribution is -2.45. The van der Waals surface area contributed by atoms with Crippen molar-refractivity contribution in [2.24, 2.45) is 0 Å². The van der Waals surface area contributed by atoms with Gasteiger partial charge in [0, 0.05) is 60.5 Å². The van der Waals surface area contributed by atoms with Crippen molar-refractivity contribution < 1.29 is 19.0 Å². The highest BCUT2D eigenvalue weighted by atomic mass is 79.9. The first-order valence-corrected chi connectivity index (χ1v) is 18.7. The van der Waals surface area contributed by atoms with Crippen molar-refractivity contribution in [1.82, 2.24) is 14.8 Å². The predicted molar refractivity (Wildman–Crippen MR) is 223 cm³/mol. The Morgan fingerprint density at radius 2 is 1.48 bits per heavy atom. The third-order valence-corrected chi connectivity index (χ3v) is 10.0. The van der Waals surface area contributed by atoms with Crippen LogP contribution in [0.1, 0.15) is 60.1 Å². The summed E-state index contributed by atoms with van der Waals surface area (Å²) in [5.41, 5.74) is 7.86. The zero-order valence-corrected chi connectivity index (χ0v) is 34.3. The fourth-order valence-electron chi connectivity index (χ4n) is 6.35. The van der Waals surface area contributed by atoms with Gasteiger partial charge in [-0.05, 0) is 78.4 Å². The number of aldehydes is 1. The molecule has 2 heterocycles. The summed E-state index contributed by atoms with van der Waals surface area (Å²) in [4.78, 5) is 21.3. The summed E-state index contributed by atoms with van der Waals surface area (Å²) in [6.07, 6.45) is 2.52. The second kappa shape index (κ2) is 19.3. The zero-order valence-electron chi connectivity index (χ0n) is 31.1. The molecule has 0 radical (unpaired) electrons. The lowest BCUT2D eigenvalue weighted by Gasteiger charge is -2.38. The number of aromatic nitrogens is 1. The van der Waals surface area contributed by atoms with Crippen LogP contribution in [-0.4, -0.2) is 47.2 Å². The molecule has 10 heteroatoms. The molecule has 0 unspecified atom stereocenters. The number of hydrogen-bond acceptors (Lipinski definition) is 7. The molecule has 1 aromatic heterocycles. The van der Waals surface area contributed by atoms with Gasteiger partial charge in [-0.2, -0.15) is 0 Å². The van der Waals surface area contributed by atoms with E-state index in [9.17, 15) is 4.79 Å². The molecule has 1 aliphatic rings. The van der Waals surface area contributed by atoms with Gasteiger partial charge in [-0.3, -0.25) is 9.69 Å². The van der Waals surface area contributed by atoms with E-state index in [1.807, 2.05) is 62.4 Å². The number of piperazine rings is 1. The Morgan fingerprint density at radius 3 is 2.11 bits per heavy atom. The van der Waals surface area contributed by atoms with Crippen molar-refractivity contribution in [2.75, 3.05) is 26.2 Å². The Morgan fingerprint density at radius 1 is 0.815 bits per heavy atom. The summed E-state index contributed by atoms with van der Waals surface area (Å²) in [7, 11) is 0. The highest BCUT2D eigenvalue weighted by Crippen LogP contribution is 2.37. The Labute approximate surface area is 339 Å². The van der Waals surface area contributed by atoms with E-state index < -0.39 is 0 Å². The standard InChI is InChI=1S/C44H45Cl2N3O4.BrH/c1-30(2)35-13-15-38(16-14-35)51-28-34-11-9-33(10-12-34)26-48-19-21-49(22-20-48)43(32(4)27-50)37-23-31(3)44(41(46)24-37)53-42-18-17-39(25-47-42)52-29-36-7-5-6-8-40(36)45;/h5-18,23-25,27,30H,19-22,26,28-29H2,1-4H3;1H/b43-32+;. The van der Waals surface area contributed by atoms with Crippen LogP contribution in [0.25, 0.3) is 5.70 Å². The number of ether oxygens (including phenoxy) is 3. The molecule has 0 bridgehead atoms. The number of allylic oxidation sites excluding steroid dienone is 1. The normalized spacial score (nSPS) is 13.6. The quantitative estimate of drug-likeness (QED) is 0.0816. The fourth-order valence-corrected chi connectivity index (χ4v) is 6.85. The van der Waals surface area contributed by atoms with E-state index in [4.69, 9.17) is 37.4 Å². The van der Waals surface area contributed by atoms with Gasteiger partial charge >= 0.3 is 0 Å². The number of hydrogen-bond donors (Lipinski definition) is 0. The minimum Gasteiger partial charge on any atom is -0.489 e. The Kier molecular flexibility index (Phi) is 14.6. The highest BCUT2D eigenvalue weighted by Gasteiger charge is 2.23. The molecule has 6 rings (SSSR count). The number of benzene rings is 4. The van der Waals surface area contributed by atoms with Crippen LogP contribution in [0.4, 0.5) is 0 Å². The van der Waals surface area contributed by atoms with Crippen LogP contribution < -0.4 is 14.2 Å². The van der Waals surface area contributed by atoms with Crippen molar-refractivity contribution in [1.29, 1.82) is 0 Å².